The summed E-state index contributed by atoms with van der Waals surface area (Å²) in [6.45, 7) is 0. The Labute approximate surface area is 83.7 Å². The molecule has 1 aromatic rings. The van der Waals surface area contributed by atoms with Crippen LogP contribution in [0.25, 0.3) is 0 Å². The summed E-state index contributed by atoms with van der Waals surface area (Å²) in [5.74, 6) is 0. The fourth-order valence-electron chi connectivity index (χ4n) is 1.29. The minimum Gasteiger partial charge on any atom is -0.388 e. The molecule has 0 amide bonds. The van der Waals surface area contributed by atoms with Gasteiger partial charge in [-0.25, -0.2) is 0 Å². The van der Waals surface area contributed by atoms with Gasteiger partial charge in [-0.15, -0.1) is 0 Å². The van der Waals surface area contributed by atoms with E-state index in [0.717, 1.165) is 17.1 Å². The molecule has 0 aliphatic rings. The van der Waals surface area contributed by atoms with Crippen molar-refractivity contribution >= 4 is 23.3 Å². The predicted octanol–water partition coefficient (Wildman–Crippen LogP) is 1.27. The number of hydrogen-bond acceptors (Lipinski definition) is 4. The van der Waals surface area contributed by atoms with Gasteiger partial charge in [0.25, 0.3) is 0 Å². The van der Waals surface area contributed by atoms with Crippen molar-refractivity contribution in [2.75, 3.05) is 37.1 Å². The van der Waals surface area contributed by atoms with Crippen LogP contribution in [0.1, 0.15) is 5.56 Å². The minimum atomic E-state index is 0.522. The van der Waals surface area contributed by atoms with E-state index in [9.17, 15) is 4.79 Å². The molecule has 1 aromatic carbocycles. The maximum atomic E-state index is 10.7. The molecule has 1 radical (unpaired) electrons. The Balaban J connectivity index is 3.31. The maximum Gasteiger partial charge on any atom is 0.237 e. The van der Waals surface area contributed by atoms with Gasteiger partial charge < -0.3 is 16.0 Å². The highest BCUT2D eigenvalue weighted by Gasteiger charge is 2.08. The van der Waals surface area contributed by atoms with Gasteiger partial charge >= 0.3 is 0 Å². The summed E-state index contributed by atoms with van der Waals surface area (Å²) < 4.78 is 0. The van der Waals surface area contributed by atoms with Crippen LogP contribution in [0.5, 0.6) is 0 Å². The maximum absolute atomic E-state index is 10.7. The van der Waals surface area contributed by atoms with Crippen molar-refractivity contribution in [3.05, 3.63) is 17.7 Å². The van der Waals surface area contributed by atoms with Crippen molar-refractivity contribution in [3.8, 4) is 0 Å². The molecule has 14 heavy (non-hydrogen) atoms. The third-order valence-corrected chi connectivity index (χ3v) is 2.07. The lowest BCUT2D eigenvalue weighted by Gasteiger charge is -2.12. The molecule has 0 saturated carbocycles. The zero-order chi connectivity index (χ0) is 10.6. The van der Waals surface area contributed by atoms with Crippen molar-refractivity contribution in [3.63, 3.8) is 0 Å². The van der Waals surface area contributed by atoms with E-state index in [-0.39, 0.29) is 0 Å². The highest BCUT2D eigenvalue weighted by atomic mass is 16.1. The van der Waals surface area contributed by atoms with E-state index < -0.39 is 0 Å². The lowest BCUT2D eigenvalue weighted by Crippen LogP contribution is -2.02. The second kappa shape index (κ2) is 4.50. The van der Waals surface area contributed by atoms with Gasteiger partial charge in [0, 0.05) is 38.2 Å². The number of anilines is 3. The first kappa shape index (κ1) is 10.4. The molecule has 75 valence electrons. The lowest BCUT2D eigenvalue weighted by molar-refractivity contribution is 0.563. The summed E-state index contributed by atoms with van der Waals surface area (Å²) in [7, 11) is 5.38. The van der Waals surface area contributed by atoms with Crippen LogP contribution in [-0.4, -0.2) is 27.4 Å². The lowest BCUT2D eigenvalue weighted by atomic mass is 10.1. The van der Waals surface area contributed by atoms with Crippen LogP contribution in [0.15, 0.2) is 12.1 Å². The molecule has 0 spiro atoms. The Morgan fingerprint density at radius 2 is 1.50 bits per heavy atom. The van der Waals surface area contributed by atoms with Gasteiger partial charge in [-0.2, -0.15) is 0 Å². The van der Waals surface area contributed by atoms with Gasteiger partial charge in [0.2, 0.25) is 6.29 Å². The van der Waals surface area contributed by atoms with Crippen molar-refractivity contribution in [1.82, 2.24) is 0 Å². The van der Waals surface area contributed by atoms with E-state index in [1.54, 1.807) is 14.1 Å². The summed E-state index contributed by atoms with van der Waals surface area (Å²) >= 11 is 0. The van der Waals surface area contributed by atoms with Crippen LogP contribution in [0.4, 0.5) is 17.1 Å². The van der Waals surface area contributed by atoms with Crippen molar-refractivity contribution < 1.29 is 4.79 Å². The number of hydrogen-bond donors (Lipinski definition) is 3. The summed E-state index contributed by atoms with van der Waals surface area (Å²) in [5.41, 5.74) is 2.99. The Morgan fingerprint density at radius 3 is 1.79 bits per heavy atom. The minimum absolute atomic E-state index is 0.522. The summed E-state index contributed by atoms with van der Waals surface area (Å²) in [6.07, 6.45) is 1.91. The Hall–Kier alpha value is -1.71. The first-order valence-corrected chi connectivity index (χ1v) is 4.36. The molecule has 0 bridgehead atoms. The van der Waals surface area contributed by atoms with Crippen LogP contribution in [-0.2, 0) is 4.79 Å². The van der Waals surface area contributed by atoms with E-state index in [2.05, 4.69) is 16.0 Å². The zero-order valence-corrected chi connectivity index (χ0v) is 8.56. The fourth-order valence-corrected chi connectivity index (χ4v) is 1.29. The van der Waals surface area contributed by atoms with E-state index in [4.69, 9.17) is 0 Å². The normalized spacial score (nSPS) is 9.36. The Kier molecular flexibility index (Phi) is 3.34. The molecule has 0 heterocycles. The number of carbonyl (C=O) groups excluding carboxylic acids is 1. The Morgan fingerprint density at radius 1 is 1.00 bits per heavy atom. The molecule has 0 fully saturated rings. The van der Waals surface area contributed by atoms with Crippen LogP contribution >= 0.6 is 0 Å². The monoisotopic (exact) mass is 192 g/mol. The predicted molar refractivity (Wildman–Crippen MR) is 59.9 cm³/mol. The number of nitrogens with one attached hydrogen (secondary N) is 3. The zero-order valence-electron chi connectivity index (χ0n) is 8.56. The molecule has 0 aliphatic heterocycles. The van der Waals surface area contributed by atoms with Crippen LogP contribution in [0.3, 0.4) is 0 Å². The second-order valence-corrected chi connectivity index (χ2v) is 2.80. The third-order valence-electron chi connectivity index (χ3n) is 2.07. The van der Waals surface area contributed by atoms with Crippen LogP contribution < -0.4 is 16.0 Å². The molecular formula is C10H14N3O. The highest BCUT2D eigenvalue weighted by Crippen LogP contribution is 2.27. The van der Waals surface area contributed by atoms with Gasteiger partial charge in [0.05, 0.1) is 5.56 Å². The first-order valence-electron chi connectivity index (χ1n) is 4.36. The molecule has 0 unspecified atom stereocenters. The van der Waals surface area contributed by atoms with Crippen molar-refractivity contribution in [2.24, 2.45) is 0 Å². The second-order valence-electron chi connectivity index (χ2n) is 2.80. The standard InChI is InChI=1S/C10H14N3O/c1-11-7-4-9(12-2)8(6-14)10(5-7)13-3/h4-5,11-13H,1-3H3. The van der Waals surface area contributed by atoms with Gasteiger partial charge in [0.15, 0.2) is 0 Å². The topological polar surface area (TPSA) is 53.2 Å². The van der Waals surface area contributed by atoms with Gasteiger partial charge in [-0.1, -0.05) is 0 Å². The van der Waals surface area contributed by atoms with Gasteiger partial charge in [-0.05, 0) is 12.1 Å². The van der Waals surface area contributed by atoms with Crippen LogP contribution in [0, 0.1) is 0 Å². The molecule has 0 saturated heterocycles. The molecule has 0 atom stereocenters. The van der Waals surface area contributed by atoms with Crippen molar-refractivity contribution in [2.45, 2.75) is 0 Å². The summed E-state index contributed by atoms with van der Waals surface area (Å²) in [5, 5.41) is 8.92. The Bertz CT molecular complexity index is 311. The quantitative estimate of drug-likeness (QED) is 0.672. The molecular weight excluding hydrogens is 178 g/mol. The first-order chi connectivity index (χ1) is 6.76. The molecule has 4 nitrogen and oxygen atoms in total. The molecule has 0 aromatic heterocycles. The largest absolute Gasteiger partial charge is 0.388 e. The van der Waals surface area contributed by atoms with Crippen LogP contribution in [0.2, 0.25) is 0 Å². The number of benzene rings is 1. The highest BCUT2D eigenvalue weighted by molar-refractivity contribution is 5.94. The van der Waals surface area contributed by atoms with E-state index in [0.29, 0.717) is 5.56 Å². The molecule has 0 aliphatic carbocycles. The van der Waals surface area contributed by atoms with E-state index >= 15 is 0 Å². The van der Waals surface area contributed by atoms with Gasteiger partial charge in [0.1, 0.15) is 0 Å². The fraction of sp³-hybridized carbons (Fsp3) is 0.300. The average Bonchev–Trinajstić information content (AvgIpc) is 2.26. The van der Waals surface area contributed by atoms with Gasteiger partial charge in [-0.3, -0.25) is 4.79 Å². The number of rotatable bonds is 4. The summed E-state index contributed by atoms with van der Waals surface area (Å²) in [6, 6.07) is 3.72. The molecule has 3 N–H and O–H groups in total. The molecule has 1 rings (SSSR count). The SMILES string of the molecule is CNc1cc(NC)c([C]=O)c(NC)c1. The van der Waals surface area contributed by atoms with E-state index in [1.807, 2.05) is 25.5 Å². The average molecular weight is 192 g/mol. The van der Waals surface area contributed by atoms with E-state index in [1.165, 1.54) is 0 Å². The molecule has 4 heteroatoms. The smallest absolute Gasteiger partial charge is 0.237 e. The third kappa shape index (κ3) is 1.79. The summed E-state index contributed by atoms with van der Waals surface area (Å²) in [4.78, 5) is 10.7. The van der Waals surface area contributed by atoms with Crippen molar-refractivity contribution in [1.29, 1.82) is 0 Å².